The lowest BCUT2D eigenvalue weighted by Crippen LogP contribution is -2.62. The van der Waals surface area contributed by atoms with Gasteiger partial charge in [-0.2, -0.15) is 0 Å². The van der Waals surface area contributed by atoms with Crippen LogP contribution in [0.25, 0.3) is 0 Å². The van der Waals surface area contributed by atoms with Gasteiger partial charge >= 0.3 is 11.9 Å². The maximum atomic E-state index is 12.2. The zero-order valence-corrected chi connectivity index (χ0v) is 21.1. The van der Waals surface area contributed by atoms with Gasteiger partial charge in [0.2, 0.25) is 0 Å². The van der Waals surface area contributed by atoms with Gasteiger partial charge in [0.05, 0.1) is 19.3 Å². The predicted octanol–water partition coefficient (Wildman–Crippen LogP) is 4.11. The van der Waals surface area contributed by atoms with Crippen LogP contribution in [0.15, 0.2) is 0 Å². The molecule has 0 aromatic carbocycles. The molecule has 0 saturated heterocycles. The van der Waals surface area contributed by atoms with Gasteiger partial charge in [0.25, 0.3) is 0 Å². The first-order valence-electron chi connectivity index (χ1n) is 13.1. The molecule has 0 bridgehead atoms. The molecule has 6 nitrogen and oxygen atoms in total. The molecule has 6 heteroatoms. The van der Waals surface area contributed by atoms with Crippen LogP contribution < -0.4 is 0 Å². The number of esters is 2. The van der Waals surface area contributed by atoms with Crippen LogP contribution in [0, 0.1) is 46.3 Å². The highest BCUT2D eigenvalue weighted by atomic mass is 16.5. The first-order chi connectivity index (χ1) is 15.5. The summed E-state index contributed by atoms with van der Waals surface area (Å²) in [5.41, 5.74) is -0.360. The van der Waals surface area contributed by atoms with E-state index < -0.39 is 12.2 Å². The lowest BCUT2D eigenvalue weighted by Gasteiger charge is -2.63. The van der Waals surface area contributed by atoms with Crippen LogP contribution in [-0.4, -0.2) is 47.6 Å². The average molecular weight is 465 g/mol. The Labute approximate surface area is 198 Å². The molecule has 0 aliphatic heterocycles. The van der Waals surface area contributed by atoms with E-state index in [0.29, 0.717) is 48.3 Å². The Bertz CT molecular complexity index is 753. The highest BCUT2D eigenvalue weighted by Crippen LogP contribution is 2.68. The summed E-state index contributed by atoms with van der Waals surface area (Å²) < 4.78 is 11.0. The van der Waals surface area contributed by atoms with Crippen molar-refractivity contribution in [1.29, 1.82) is 0 Å². The minimum Gasteiger partial charge on any atom is -0.469 e. The summed E-state index contributed by atoms with van der Waals surface area (Å²) in [6.45, 7) is 8.32. The smallest absolute Gasteiger partial charge is 0.305 e. The molecule has 11 atom stereocenters. The van der Waals surface area contributed by atoms with Gasteiger partial charge in [0.15, 0.2) is 0 Å². The normalized spacial score (nSPS) is 47.6. The monoisotopic (exact) mass is 464 g/mol. The van der Waals surface area contributed by atoms with Crippen molar-refractivity contribution in [2.45, 2.75) is 104 Å². The summed E-state index contributed by atoms with van der Waals surface area (Å²) in [6, 6.07) is 0. The molecule has 0 heterocycles. The minimum absolute atomic E-state index is 0.120. The third-order valence-corrected chi connectivity index (χ3v) is 10.9. The first kappa shape index (κ1) is 25.0. The standard InChI is InChI=1S/C27H44O6/c1-15(6-11-25(31)32-5)20-9-10-21-19-8-7-17-12-18(29)13-23(30)26(17,3)22(19)14-24(27(20,21)4)33-16(2)28/h15,17-24,29-30H,6-14H2,1-5H3. The zero-order valence-electron chi connectivity index (χ0n) is 21.1. The molecule has 0 aromatic rings. The highest BCUT2D eigenvalue weighted by Gasteiger charge is 2.66. The van der Waals surface area contributed by atoms with Crippen molar-refractivity contribution < 1.29 is 29.3 Å². The van der Waals surface area contributed by atoms with E-state index in [1.165, 1.54) is 14.0 Å². The number of aliphatic hydroxyl groups excluding tert-OH is 2. The molecule has 2 N–H and O–H groups in total. The molecular weight excluding hydrogens is 420 g/mol. The van der Waals surface area contributed by atoms with E-state index in [4.69, 9.17) is 9.47 Å². The highest BCUT2D eigenvalue weighted by molar-refractivity contribution is 5.69. The summed E-state index contributed by atoms with van der Waals surface area (Å²) in [7, 11) is 1.44. The number of hydrogen-bond donors (Lipinski definition) is 2. The van der Waals surface area contributed by atoms with E-state index in [9.17, 15) is 19.8 Å². The molecule has 0 amide bonds. The molecule has 4 saturated carbocycles. The van der Waals surface area contributed by atoms with Gasteiger partial charge in [0, 0.05) is 18.8 Å². The fourth-order valence-electron chi connectivity index (χ4n) is 9.22. The zero-order chi connectivity index (χ0) is 24.1. The van der Waals surface area contributed by atoms with Crippen molar-refractivity contribution in [1.82, 2.24) is 0 Å². The Morgan fingerprint density at radius 3 is 2.39 bits per heavy atom. The third kappa shape index (κ3) is 4.03. The summed E-state index contributed by atoms with van der Waals surface area (Å²) in [6.07, 6.45) is 6.49. The van der Waals surface area contributed by atoms with E-state index in [-0.39, 0.29) is 28.9 Å². The second-order valence-corrected chi connectivity index (χ2v) is 12.1. The molecule has 4 fully saturated rings. The van der Waals surface area contributed by atoms with Crippen molar-refractivity contribution in [3.63, 3.8) is 0 Å². The first-order valence-corrected chi connectivity index (χ1v) is 13.1. The lowest BCUT2D eigenvalue weighted by atomic mass is 9.43. The number of ether oxygens (including phenoxy) is 2. The summed E-state index contributed by atoms with van der Waals surface area (Å²) in [5.74, 6) is 1.90. The van der Waals surface area contributed by atoms with Gasteiger partial charge in [-0.3, -0.25) is 9.59 Å². The van der Waals surface area contributed by atoms with Gasteiger partial charge in [-0.05, 0) is 92.3 Å². The Morgan fingerprint density at radius 1 is 1.00 bits per heavy atom. The van der Waals surface area contributed by atoms with Gasteiger partial charge in [-0.15, -0.1) is 0 Å². The molecule has 0 radical (unpaired) electrons. The predicted molar refractivity (Wildman–Crippen MR) is 124 cm³/mol. The molecule has 11 unspecified atom stereocenters. The Morgan fingerprint density at radius 2 is 1.73 bits per heavy atom. The molecule has 4 aliphatic rings. The van der Waals surface area contributed by atoms with Crippen molar-refractivity contribution in [3.05, 3.63) is 0 Å². The van der Waals surface area contributed by atoms with Gasteiger partial charge in [0.1, 0.15) is 6.10 Å². The maximum absolute atomic E-state index is 12.2. The van der Waals surface area contributed by atoms with Gasteiger partial charge < -0.3 is 19.7 Å². The SMILES string of the molecule is COC(=O)CCC(C)C1CCC2C3CCC4CC(O)CC(O)C4(C)C3CC(OC(C)=O)C12C. The maximum Gasteiger partial charge on any atom is 0.305 e. The van der Waals surface area contributed by atoms with Crippen molar-refractivity contribution in [3.8, 4) is 0 Å². The fourth-order valence-corrected chi connectivity index (χ4v) is 9.22. The second kappa shape index (κ2) is 9.14. The third-order valence-electron chi connectivity index (χ3n) is 10.9. The number of aliphatic hydroxyl groups is 2. The minimum atomic E-state index is -0.516. The quantitative estimate of drug-likeness (QED) is 0.595. The molecule has 188 valence electrons. The Balaban J connectivity index is 1.64. The average Bonchev–Trinajstić information content (AvgIpc) is 3.11. The van der Waals surface area contributed by atoms with E-state index in [2.05, 4.69) is 20.8 Å². The van der Waals surface area contributed by atoms with Crippen LogP contribution in [0.2, 0.25) is 0 Å². The van der Waals surface area contributed by atoms with E-state index in [1.54, 1.807) is 0 Å². The van der Waals surface area contributed by atoms with E-state index >= 15 is 0 Å². The fraction of sp³-hybridized carbons (Fsp3) is 0.926. The number of fused-ring (bicyclic) bond motifs is 5. The van der Waals surface area contributed by atoms with Crippen molar-refractivity contribution >= 4 is 11.9 Å². The Kier molecular flexibility index (Phi) is 6.92. The number of hydrogen-bond acceptors (Lipinski definition) is 6. The topological polar surface area (TPSA) is 93.1 Å². The number of carbonyl (C=O) groups excluding carboxylic acids is 2. The van der Waals surface area contributed by atoms with Gasteiger partial charge in [-0.1, -0.05) is 20.8 Å². The number of methoxy groups -OCH3 is 1. The molecule has 0 spiro atoms. The van der Waals surface area contributed by atoms with Gasteiger partial charge in [-0.25, -0.2) is 0 Å². The van der Waals surface area contributed by atoms with Crippen molar-refractivity contribution in [2.75, 3.05) is 7.11 Å². The van der Waals surface area contributed by atoms with Crippen LogP contribution in [0.3, 0.4) is 0 Å². The van der Waals surface area contributed by atoms with Crippen LogP contribution in [0.1, 0.15) is 85.5 Å². The van der Waals surface area contributed by atoms with Crippen LogP contribution >= 0.6 is 0 Å². The summed E-state index contributed by atoms with van der Waals surface area (Å²) >= 11 is 0. The molecular formula is C27H44O6. The Hall–Kier alpha value is -1.14. The number of carbonyl (C=O) groups is 2. The van der Waals surface area contributed by atoms with E-state index in [0.717, 1.165) is 44.9 Å². The van der Waals surface area contributed by atoms with Crippen LogP contribution in [-0.2, 0) is 19.1 Å². The molecule has 4 rings (SSSR count). The van der Waals surface area contributed by atoms with Crippen molar-refractivity contribution in [2.24, 2.45) is 46.3 Å². The summed E-state index contributed by atoms with van der Waals surface area (Å²) in [5, 5.41) is 21.6. The van der Waals surface area contributed by atoms with E-state index in [1.807, 2.05) is 0 Å². The second-order valence-electron chi connectivity index (χ2n) is 12.1. The molecule has 0 aromatic heterocycles. The lowest BCUT2D eigenvalue weighted by molar-refractivity contribution is -0.216. The van der Waals surface area contributed by atoms with Crippen LogP contribution in [0.5, 0.6) is 0 Å². The largest absolute Gasteiger partial charge is 0.469 e. The summed E-state index contributed by atoms with van der Waals surface area (Å²) in [4.78, 5) is 24.0. The van der Waals surface area contributed by atoms with Crippen LogP contribution in [0.4, 0.5) is 0 Å². The number of rotatable bonds is 5. The molecule has 33 heavy (non-hydrogen) atoms. The molecule has 4 aliphatic carbocycles.